The topological polar surface area (TPSA) is 46.2 Å². The number of halogens is 4. The van der Waals surface area contributed by atoms with Crippen LogP contribution in [0.5, 0.6) is 0 Å². The van der Waals surface area contributed by atoms with E-state index >= 15 is 0 Å². The molecule has 3 nitrogen and oxygen atoms in total. The molecule has 1 aliphatic carbocycles. The number of hydrogen-bond donors (Lipinski definition) is 1. The maximum atomic E-state index is 13.1. The minimum atomic E-state index is -5.59. The van der Waals surface area contributed by atoms with E-state index in [0.29, 0.717) is 12.6 Å². The molecule has 0 amide bonds. The number of benzene rings is 1. The Hall–Kier alpha value is -1.31. The van der Waals surface area contributed by atoms with Gasteiger partial charge in [-0.15, -0.1) is 0 Å². The Labute approximate surface area is 120 Å². The standard InChI is InChI=1S/C13H15F4NO2S/c1-12(2)6-8(12)7-18-10-4-3-9(14)5-11(10)21(19,20)13(15,16)17/h3-5,8,18H,6-7H2,1-2H3. The molecule has 1 unspecified atom stereocenters. The molecule has 0 radical (unpaired) electrons. The van der Waals surface area contributed by atoms with Crippen LogP contribution in [-0.2, 0) is 9.84 Å². The van der Waals surface area contributed by atoms with Gasteiger partial charge >= 0.3 is 5.51 Å². The molecule has 1 aromatic carbocycles. The molecule has 1 N–H and O–H groups in total. The quantitative estimate of drug-likeness (QED) is 0.861. The van der Waals surface area contributed by atoms with Crippen LogP contribution >= 0.6 is 0 Å². The van der Waals surface area contributed by atoms with Gasteiger partial charge in [-0.25, -0.2) is 12.8 Å². The van der Waals surface area contributed by atoms with Gasteiger partial charge < -0.3 is 5.32 Å². The van der Waals surface area contributed by atoms with Gasteiger partial charge in [-0.3, -0.25) is 0 Å². The van der Waals surface area contributed by atoms with Gasteiger partial charge in [-0.2, -0.15) is 13.2 Å². The van der Waals surface area contributed by atoms with E-state index in [2.05, 4.69) is 5.32 Å². The lowest BCUT2D eigenvalue weighted by Gasteiger charge is -2.15. The fraction of sp³-hybridized carbons (Fsp3) is 0.538. The van der Waals surface area contributed by atoms with E-state index in [4.69, 9.17) is 0 Å². The summed E-state index contributed by atoms with van der Waals surface area (Å²) < 4.78 is 74.0. The lowest BCUT2D eigenvalue weighted by molar-refractivity contribution is -0.0435. The molecule has 1 aromatic rings. The summed E-state index contributed by atoms with van der Waals surface area (Å²) in [6.07, 6.45) is 0.905. The van der Waals surface area contributed by atoms with Crippen LogP contribution in [0.4, 0.5) is 23.2 Å². The van der Waals surface area contributed by atoms with Gasteiger partial charge in [0.1, 0.15) is 10.7 Å². The van der Waals surface area contributed by atoms with Crippen LogP contribution in [-0.4, -0.2) is 20.5 Å². The number of alkyl halides is 3. The molecular formula is C13H15F4NO2S. The third-order valence-corrected chi connectivity index (χ3v) is 5.32. The van der Waals surface area contributed by atoms with Crippen molar-refractivity contribution in [2.24, 2.45) is 11.3 Å². The van der Waals surface area contributed by atoms with Gasteiger partial charge in [0, 0.05) is 6.54 Å². The molecular weight excluding hydrogens is 310 g/mol. The highest BCUT2D eigenvalue weighted by Gasteiger charge is 2.49. The summed E-state index contributed by atoms with van der Waals surface area (Å²) in [4.78, 5) is -1.08. The van der Waals surface area contributed by atoms with E-state index in [-0.39, 0.29) is 17.0 Å². The lowest BCUT2D eigenvalue weighted by atomic mass is 10.1. The highest BCUT2D eigenvalue weighted by Crippen LogP contribution is 2.51. The zero-order valence-corrected chi connectivity index (χ0v) is 12.3. The largest absolute Gasteiger partial charge is 0.501 e. The second-order valence-corrected chi connectivity index (χ2v) is 7.77. The Morgan fingerprint density at radius 1 is 1.33 bits per heavy atom. The van der Waals surface area contributed by atoms with Crippen molar-refractivity contribution in [3.8, 4) is 0 Å². The van der Waals surface area contributed by atoms with Crippen molar-refractivity contribution in [1.82, 2.24) is 0 Å². The maximum Gasteiger partial charge on any atom is 0.501 e. The number of hydrogen-bond acceptors (Lipinski definition) is 3. The maximum absolute atomic E-state index is 13.1. The molecule has 0 heterocycles. The molecule has 8 heteroatoms. The Kier molecular flexibility index (Phi) is 3.72. The first kappa shape index (κ1) is 16.1. The van der Waals surface area contributed by atoms with Crippen LogP contribution in [0.15, 0.2) is 23.1 Å². The minimum Gasteiger partial charge on any atom is -0.384 e. The molecule has 118 valence electrons. The van der Waals surface area contributed by atoms with Crippen molar-refractivity contribution in [3.05, 3.63) is 24.0 Å². The SMILES string of the molecule is CC1(C)CC1CNc1ccc(F)cc1S(=O)(=O)C(F)(F)F. The summed E-state index contributed by atoms with van der Waals surface area (Å²) in [6, 6.07) is 2.34. The predicted octanol–water partition coefficient (Wildman–Crippen LogP) is 3.58. The predicted molar refractivity (Wildman–Crippen MR) is 70.0 cm³/mol. The Bertz CT molecular complexity index is 653. The Morgan fingerprint density at radius 3 is 2.38 bits per heavy atom. The normalized spacial score (nSPS) is 21.1. The average Bonchev–Trinajstić information content (AvgIpc) is 2.94. The smallest absolute Gasteiger partial charge is 0.384 e. The summed E-state index contributed by atoms with van der Waals surface area (Å²) in [5, 5.41) is 2.69. The second kappa shape index (κ2) is 4.86. The highest BCUT2D eigenvalue weighted by molar-refractivity contribution is 7.92. The summed E-state index contributed by atoms with van der Waals surface area (Å²) in [7, 11) is -5.59. The van der Waals surface area contributed by atoms with E-state index in [1.807, 2.05) is 13.8 Å². The zero-order chi connectivity index (χ0) is 16.1. The first-order valence-electron chi connectivity index (χ1n) is 6.30. The number of nitrogens with one attached hydrogen (secondary N) is 1. The third-order valence-electron chi connectivity index (χ3n) is 3.79. The second-order valence-electron chi connectivity index (χ2n) is 5.86. The summed E-state index contributed by atoms with van der Waals surface area (Å²) >= 11 is 0. The van der Waals surface area contributed by atoms with E-state index < -0.39 is 26.1 Å². The molecule has 21 heavy (non-hydrogen) atoms. The summed E-state index contributed by atoms with van der Waals surface area (Å²) in [5.74, 6) is -0.779. The average molecular weight is 325 g/mol. The number of rotatable bonds is 4. The molecule has 0 saturated heterocycles. The molecule has 0 aliphatic heterocycles. The molecule has 2 rings (SSSR count). The fourth-order valence-corrected chi connectivity index (χ4v) is 3.09. The minimum absolute atomic E-state index is 0.0933. The van der Waals surface area contributed by atoms with Gasteiger partial charge in [-0.1, -0.05) is 13.8 Å². The number of sulfone groups is 1. The van der Waals surface area contributed by atoms with Crippen molar-refractivity contribution in [3.63, 3.8) is 0 Å². The molecule has 1 fully saturated rings. The molecule has 0 bridgehead atoms. The van der Waals surface area contributed by atoms with Crippen LogP contribution < -0.4 is 5.32 Å². The molecule has 0 aromatic heterocycles. The van der Waals surface area contributed by atoms with E-state index in [0.717, 1.165) is 18.6 Å². The van der Waals surface area contributed by atoms with Crippen LogP contribution in [0, 0.1) is 17.2 Å². The van der Waals surface area contributed by atoms with Crippen molar-refractivity contribution in [2.75, 3.05) is 11.9 Å². The van der Waals surface area contributed by atoms with E-state index in [1.165, 1.54) is 0 Å². The van der Waals surface area contributed by atoms with Crippen LogP contribution in [0.3, 0.4) is 0 Å². The van der Waals surface area contributed by atoms with E-state index in [1.54, 1.807) is 0 Å². The Balaban J connectivity index is 2.30. The van der Waals surface area contributed by atoms with Crippen molar-refractivity contribution in [1.29, 1.82) is 0 Å². The zero-order valence-electron chi connectivity index (χ0n) is 11.5. The third kappa shape index (κ3) is 3.14. The highest BCUT2D eigenvalue weighted by atomic mass is 32.2. The first-order valence-corrected chi connectivity index (χ1v) is 7.78. The fourth-order valence-electron chi connectivity index (χ4n) is 2.15. The lowest BCUT2D eigenvalue weighted by Crippen LogP contribution is -2.24. The van der Waals surface area contributed by atoms with Gasteiger partial charge in [0.2, 0.25) is 0 Å². The van der Waals surface area contributed by atoms with Gasteiger partial charge in [0.25, 0.3) is 9.84 Å². The van der Waals surface area contributed by atoms with Crippen molar-refractivity contribution in [2.45, 2.75) is 30.7 Å². The van der Waals surface area contributed by atoms with Crippen LogP contribution in [0.25, 0.3) is 0 Å². The number of anilines is 1. The molecule has 1 saturated carbocycles. The van der Waals surface area contributed by atoms with Crippen LogP contribution in [0.2, 0.25) is 0 Å². The Morgan fingerprint density at radius 2 is 1.90 bits per heavy atom. The molecule has 1 aliphatic rings. The molecule has 1 atom stereocenters. The van der Waals surface area contributed by atoms with Gasteiger partial charge in [-0.05, 0) is 36.0 Å². The van der Waals surface area contributed by atoms with E-state index in [9.17, 15) is 26.0 Å². The first-order chi connectivity index (χ1) is 9.45. The van der Waals surface area contributed by atoms with Gasteiger partial charge in [0.15, 0.2) is 0 Å². The van der Waals surface area contributed by atoms with Crippen molar-refractivity contribution >= 4 is 15.5 Å². The summed E-state index contributed by atoms with van der Waals surface area (Å²) in [6.45, 7) is 4.37. The molecule has 0 spiro atoms. The monoisotopic (exact) mass is 325 g/mol. The van der Waals surface area contributed by atoms with Crippen molar-refractivity contribution < 1.29 is 26.0 Å². The van der Waals surface area contributed by atoms with Crippen LogP contribution in [0.1, 0.15) is 20.3 Å². The summed E-state index contributed by atoms with van der Waals surface area (Å²) in [5.41, 5.74) is -5.59. The van der Waals surface area contributed by atoms with Gasteiger partial charge in [0.05, 0.1) is 5.69 Å².